The summed E-state index contributed by atoms with van der Waals surface area (Å²) in [5, 5.41) is 13.6. The van der Waals surface area contributed by atoms with Gasteiger partial charge in [-0.05, 0) is 24.9 Å². The zero-order valence-corrected chi connectivity index (χ0v) is 19.3. The minimum absolute atomic E-state index is 0.0422. The van der Waals surface area contributed by atoms with Gasteiger partial charge in [-0.2, -0.15) is 23.3 Å². The van der Waals surface area contributed by atoms with E-state index in [1.807, 2.05) is 13.8 Å². The minimum Gasteiger partial charge on any atom is -0.370 e. The summed E-state index contributed by atoms with van der Waals surface area (Å²) in [5.74, 6) is 0.389. The highest BCUT2D eigenvalue weighted by atomic mass is 19.4. The van der Waals surface area contributed by atoms with E-state index < -0.39 is 12.8 Å². The Hall–Kier alpha value is -3.39. The fraction of sp³-hybridized carbons (Fsp3) is 0.524. The number of rotatable bonds is 9. The van der Waals surface area contributed by atoms with Crippen molar-refractivity contribution in [3.8, 4) is 0 Å². The zero-order chi connectivity index (χ0) is 25.0. The van der Waals surface area contributed by atoms with Crippen molar-refractivity contribution in [2.24, 2.45) is 5.92 Å². The molecule has 0 aliphatic carbocycles. The molecule has 4 rings (SSSR count). The Morgan fingerprint density at radius 2 is 2.17 bits per heavy atom. The first-order valence-electron chi connectivity index (χ1n) is 11.2. The van der Waals surface area contributed by atoms with Crippen molar-refractivity contribution in [2.45, 2.75) is 38.9 Å². The summed E-state index contributed by atoms with van der Waals surface area (Å²) in [6.45, 7) is 3.67. The average Bonchev–Trinajstić information content (AvgIpc) is 3.46. The van der Waals surface area contributed by atoms with Crippen LogP contribution >= 0.6 is 0 Å². The average molecular weight is 493 g/mol. The molecule has 0 spiro atoms. The van der Waals surface area contributed by atoms with Crippen molar-refractivity contribution in [1.82, 2.24) is 35.0 Å². The number of ether oxygens (including phenoxy) is 1. The largest absolute Gasteiger partial charge is 0.411 e. The third-order valence-corrected chi connectivity index (χ3v) is 5.37. The molecule has 1 saturated heterocycles. The van der Waals surface area contributed by atoms with Crippen LogP contribution in [0.3, 0.4) is 0 Å². The smallest absolute Gasteiger partial charge is 0.370 e. The Morgan fingerprint density at radius 3 is 2.83 bits per heavy atom. The Bertz CT molecular complexity index is 1160. The fourth-order valence-electron chi connectivity index (χ4n) is 3.71. The summed E-state index contributed by atoms with van der Waals surface area (Å²) in [5.41, 5.74) is 1.55. The maximum absolute atomic E-state index is 12.7. The lowest BCUT2D eigenvalue weighted by atomic mass is 10.1. The van der Waals surface area contributed by atoms with Crippen LogP contribution in [0.15, 0.2) is 18.6 Å². The molecule has 11 nitrogen and oxygen atoms in total. The minimum atomic E-state index is -4.42. The van der Waals surface area contributed by atoms with E-state index in [4.69, 9.17) is 4.74 Å². The van der Waals surface area contributed by atoms with Crippen LogP contribution in [0.4, 0.5) is 30.8 Å². The molecule has 1 amide bonds. The topological polar surface area (TPSA) is 132 Å². The highest BCUT2D eigenvalue weighted by molar-refractivity contribution is 5.95. The quantitative estimate of drug-likeness (QED) is 0.385. The van der Waals surface area contributed by atoms with Gasteiger partial charge >= 0.3 is 6.18 Å². The van der Waals surface area contributed by atoms with Crippen molar-refractivity contribution >= 4 is 34.5 Å². The van der Waals surface area contributed by atoms with Crippen LogP contribution in [0.5, 0.6) is 0 Å². The van der Waals surface area contributed by atoms with Crippen LogP contribution in [0.25, 0.3) is 11.0 Å². The number of hydrogen-bond acceptors (Lipinski definition) is 9. The summed E-state index contributed by atoms with van der Waals surface area (Å²) in [4.78, 5) is 29.8. The summed E-state index contributed by atoms with van der Waals surface area (Å²) < 4.78 is 43.7. The summed E-state index contributed by atoms with van der Waals surface area (Å²) in [6.07, 6.45) is -0.795. The second-order valence-electron chi connectivity index (χ2n) is 8.42. The van der Waals surface area contributed by atoms with Crippen molar-refractivity contribution < 1.29 is 22.7 Å². The Morgan fingerprint density at radius 1 is 1.34 bits per heavy atom. The van der Waals surface area contributed by atoms with Gasteiger partial charge in [-0.3, -0.25) is 14.8 Å². The Labute approximate surface area is 198 Å². The summed E-state index contributed by atoms with van der Waals surface area (Å²) in [6, 6.07) is 1.63. The second-order valence-corrected chi connectivity index (χ2v) is 8.42. The number of aromatic nitrogens is 6. The van der Waals surface area contributed by atoms with Gasteiger partial charge in [0.05, 0.1) is 24.8 Å². The van der Waals surface area contributed by atoms with Gasteiger partial charge in [-0.1, -0.05) is 13.8 Å². The predicted octanol–water partition coefficient (Wildman–Crippen LogP) is 2.61. The highest BCUT2D eigenvalue weighted by Gasteiger charge is 2.28. The van der Waals surface area contributed by atoms with Gasteiger partial charge in [0.1, 0.15) is 29.8 Å². The molecule has 1 atom stereocenters. The highest BCUT2D eigenvalue weighted by Crippen LogP contribution is 2.30. The Kier molecular flexibility index (Phi) is 7.40. The summed E-state index contributed by atoms with van der Waals surface area (Å²) >= 11 is 0. The van der Waals surface area contributed by atoms with Crippen LogP contribution in [-0.2, 0) is 16.1 Å². The molecule has 35 heavy (non-hydrogen) atoms. The zero-order valence-electron chi connectivity index (χ0n) is 19.3. The predicted molar refractivity (Wildman–Crippen MR) is 121 cm³/mol. The monoisotopic (exact) mass is 493 g/mol. The van der Waals surface area contributed by atoms with E-state index in [1.165, 1.54) is 11.0 Å². The maximum atomic E-state index is 12.7. The molecule has 188 valence electrons. The number of nitrogens with one attached hydrogen (secondary N) is 3. The molecule has 1 fully saturated rings. The lowest BCUT2D eigenvalue weighted by Gasteiger charge is -2.13. The number of amides is 1. The molecule has 0 bridgehead atoms. The van der Waals surface area contributed by atoms with Gasteiger partial charge in [0.15, 0.2) is 5.82 Å². The SMILES string of the molecule is CC(C)c1nn(CCOCC(F)(F)F)c2c(Nc3ccncn3)nc(NC(=O)[C@H]3CCNC3)nc12. The van der Waals surface area contributed by atoms with Gasteiger partial charge in [0.25, 0.3) is 0 Å². The van der Waals surface area contributed by atoms with Crippen molar-refractivity contribution in [3.05, 3.63) is 24.3 Å². The molecule has 3 N–H and O–H groups in total. The van der Waals surface area contributed by atoms with Crippen LogP contribution in [0.1, 0.15) is 31.9 Å². The van der Waals surface area contributed by atoms with Crippen molar-refractivity contribution in [2.75, 3.05) is 36.9 Å². The first-order chi connectivity index (χ1) is 16.7. The van der Waals surface area contributed by atoms with Gasteiger partial charge in [0.2, 0.25) is 11.9 Å². The van der Waals surface area contributed by atoms with E-state index in [0.717, 1.165) is 6.54 Å². The molecule has 14 heteroatoms. The van der Waals surface area contributed by atoms with E-state index in [1.54, 1.807) is 12.3 Å². The number of alkyl halides is 3. The van der Waals surface area contributed by atoms with Crippen molar-refractivity contribution in [1.29, 1.82) is 0 Å². The number of anilines is 3. The number of carbonyl (C=O) groups is 1. The molecule has 3 aromatic heterocycles. The number of carbonyl (C=O) groups excluding carboxylic acids is 1. The number of hydrogen-bond donors (Lipinski definition) is 3. The molecule has 1 aliphatic rings. The van der Waals surface area contributed by atoms with E-state index in [2.05, 4.69) is 41.0 Å². The second kappa shape index (κ2) is 10.5. The molecule has 0 aromatic carbocycles. The van der Waals surface area contributed by atoms with E-state index in [9.17, 15) is 18.0 Å². The molecular weight excluding hydrogens is 467 g/mol. The van der Waals surface area contributed by atoms with E-state index in [0.29, 0.717) is 41.3 Å². The number of fused-ring (bicyclic) bond motifs is 1. The van der Waals surface area contributed by atoms with Gasteiger partial charge < -0.3 is 15.4 Å². The molecule has 4 heterocycles. The lowest BCUT2D eigenvalue weighted by Crippen LogP contribution is -2.25. The first-order valence-corrected chi connectivity index (χ1v) is 11.2. The molecule has 1 aliphatic heterocycles. The van der Waals surface area contributed by atoms with E-state index >= 15 is 0 Å². The van der Waals surface area contributed by atoms with Crippen LogP contribution in [0.2, 0.25) is 0 Å². The first kappa shape index (κ1) is 24.7. The molecular formula is C21H26F3N9O2. The molecule has 0 saturated carbocycles. The lowest BCUT2D eigenvalue weighted by molar-refractivity contribution is -0.174. The summed E-state index contributed by atoms with van der Waals surface area (Å²) in [7, 11) is 0. The van der Waals surface area contributed by atoms with Crippen molar-refractivity contribution in [3.63, 3.8) is 0 Å². The molecule has 3 aromatic rings. The van der Waals surface area contributed by atoms with Crippen LogP contribution in [0, 0.1) is 5.92 Å². The van der Waals surface area contributed by atoms with Crippen LogP contribution in [-0.4, -0.2) is 68.1 Å². The molecule has 0 unspecified atom stereocenters. The maximum Gasteiger partial charge on any atom is 0.411 e. The Balaban J connectivity index is 1.71. The normalized spacial score (nSPS) is 16.2. The third kappa shape index (κ3) is 6.19. The van der Waals surface area contributed by atoms with E-state index in [-0.39, 0.29) is 36.8 Å². The van der Waals surface area contributed by atoms with Gasteiger partial charge in [0, 0.05) is 12.7 Å². The number of halogens is 3. The van der Waals surface area contributed by atoms with Crippen LogP contribution < -0.4 is 16.0 Å². The molecule has 0 radical (unpaired) electrons. The fourth-order valence-corrected chi connectivity index (χ4v) is 3.71. The van der Waals surface area contributed by atoms with Gasteiger partial charge in [-0.25, -0.2) is 15.0 Å². The standard InChI is InChI=1S/C21H26F3N9O2/c1-12(2)15-16-17(33(32-15)7-8-35-10-21(22,23)24)18(28-14-4-6-26-11-27-14)30-20(29-16)31-19(34)13-3-5-25-9-13/h4,6,11-13,25H,3,5,7-10H2,1-2H3,(H2,26,27,28,29,30,31,34)/t13-/m0/s1. The number of nitrogens with zero attached hydrogens (tertiary/aromatic N) is 6. The third-order valence-electron chi connectivity index (χ3n) is 5.37. The van der Waals surface area contributed by atoms with Gasteiger partial charge in [-0.15, -0.1) is 0 Å².